The molecule has 2 rings (SSSR count). The molecule has 1 aliphatic heterocycles. The van der Waals surface area contributed by atoms with Crippen molar-refractivity contribution in [2.45, 2.75) is 19.9 Å². The largest absolute Gasteiger partial charge is 0.462 e. The van der Waals surface area contributed by atoms with Gasteiger partial charge in [-0.05, 0) is 26.0 Å². The summed E-state index contributed by atoms with van der Waals surface area (Å²) in [5.41, 5.74) is 0.687. The molecule has 0 bridgehead atoms. The highest BCUT2D eigenvalue weighted by atomic mass is 16.6. The van der Waals surface area contributed by atoms with Gasteiger partial charge in [-0.1, -0.05) is 0 Å². The number of rotatable bonds is 4. The van der Waals surface area contributed by atoms with E-state index in [0.29, 0.717) is 18.8 Å². The lowest BCUT2D eigenvalue weighted by Crippen LogP contribution is -2.49. The fourth-order valence-corrected chi connectivity index (χ4v) is 2.43. The van der Waals surface area contributed by atoms with Crippen LogP contribution in [-0.4, -0.2) is 43.2 Å². The first-order chi connectivity index (χ1) is 10.0. The van der Waals surface area contributed by atoms with E-state index in [1.54, 1.807) is 19.1 Å². The molecule has 1 atom stereocenters. The highest BCUT2D eigenvalue weighted by molar-refractivity contribution is 5.91. The van der Waals surface area contributed by atoms with Crippen molar-refractivity contribution in [2.75, 3.05) is 31.1 Å². The Morgan fingerprint density at radius 3 is 2.95 bits per heavy atom. The van der Waals surface area contributed by atoms with E-state index in [9.17, 15) is 14.9 Å². The molecule has 0 aliphatic carbocycles. The highest BCUT2D eigenvalue weighted by Gasteiger charge is 2.25. The van der Waals surface area contributed by atoms with E-state index in [-0.39, 0.29) is 23.9 Å². The number of nitrogens with zero attached hydrogens (tertiary/aromatic N) is 2. The van der Waals surface area contributed by atoms with E-state index >= 15 is 0 Å². The first-order valence-corrected chi connectivity index (χ1v) is 6.96. The van der Waals surface area contributed by atoms with Gasteiger partial charge in [-0.2, -0.15) is 0 Å². The van der Waals surface area contributed by atoms with Gasteiger partial charge in [-0.3, -0.25) is 10.1 Å². The van der Waals surface area contributed by atoms with Crippen molar-refractivity contribution in [3.05, 3.63) is 33.9 Å². The number of piperazine rings is 1. The second-order valence-electron chi connectivity index (χ2n) is 4.98. The summed E-state index contributed by atoms with van der Waals surface area (Å²) in [5.74, 6) is -0.541. The van der Waals surface area contributed by atoms with Gasteiger partial charge in [0.05, 0.1) is 17.1 Å². The van der Waals surface area contributed by atoms with E-state index in [2.05, 4.69) is 5.32 Å². The van der Waals surface area contributed by atoms with Gasteiger partial charge in [-0.15, -0.1) is 0 Å². The molecule has 0 spiro atoms. The molecule has 1 saturated heterocycles. The van der Waals surface area contributed by atoms with E-state index < -0.39 is 10.9 Å². The molecule has 0 unspecified atom stereocenters. The average Bonchev–Trinajstić information content (AvgIpc) is 2.46. The maximum absolute atomic E-state index is 11.7. The van der Waals surface area contributed by atoms with Crippen LogP contribution in [-0.2, 0) is 4.74 Å². The van der Waals surface area contributed by atoms with Crippen LogP contribution in [0.4, 0.5) is 11.4 Å². The molecule has 1 N–H and O–H groups in total. The van der Waals surface area contributed by atoms with E-state index in [1.807, 2.05) is 11.8 Å². The summed E-state index contributed by atoms with van der Waals surface area (Å²) in [4.78, 5) is 24.5. The van der Waals surface area contributed by atoms with Crippen LogP contribution in [0.3, 0.4) is 0 Å². The Kier molecular flexibility index (Phi) is 4.74. The summed E-state index contributed by atoms with van der Waals surface area (Å²) >= 11 is 0. The van der Waals surface area contributed by atoms with Gasteiger partial charge >= 0.3 is 5.97 Å². The fraction of sp³-hybridized carbons (Fsp3) is 0.500. The molecule has 0 aromatic heterocycles. The number of nitro groups is 1. The third-order valence-corrected chi connectivity index (χ3v) is 3.39. The average molecular weight is 293 g/mol. The molecular formula is C14H19N3O4. The molecule has 1 aliphatic rings. The molecule has 114 valence electrons. The van der Waals surface area contributed by atoms with Crippen molar-refractivity contribution >= 4 is 17.3 Å². The normalized spacial score (nSPS) is 18.4. The zero-order valence-electron chi connectivity index (χ0n) is 12.2. The Labute approximate surface area is 123 Å². The zero-order chi connectivity index (χ0) is 15.4. The maximum Gasteiger partial charge on any atom is 0.338 e. The number of hydrogen-bond donors (Lipinski definition) is 1. The van der Waals surface area contributed by atoms with Crippen molar-refractivity contribution in [2.24, 2.45) is 0 Å². The van der Waals surface area contributed by atoms with Crippen molar-refractivity contribution < 1.29 is 14.5 Å². The number of anilines is 1. The topological polar surface area (TPSA) is 84.7 Å². The van der Waals surface area contributed by atoms with Crippen LogP contribution in [0, 0.1) is 10.1 Å². The molecule has 1 heterocycles. The number of hydrogen-bond acceptors (Lipinski definition) is 6. The SMILES string of the molecule is CCOC(=O)c1ccc(N2CCN[C@@H](C)C2)c([N+](=O)[O-])c1. The second kappa shape index (κ2) is 6.53. The van der Waals surface area contributed by atoms with E-state index in [4.69, 9.17) is 4.74 Å². The summed E-state index contributed by atoms with van der Waals surface area (Å²) in [6.07, 6.45) is 0. The molecule has 21 heavy (non-hydrogen) atoms. The second-order valence-corrected chi connectivity index (χ2v) is 4.98. The highest BCUT2D eigenvalue weighted by Crippen LogP contribution is 2.30. The minimum atomic E-state index is -0.541. The van der Waals surface area contributed by atoms with Crippen molar-refractivity contribution in [1.82, 2.24) is 5.32 Å². The number of benzene rings is 1. The number of esters is 1. The number of nitro benzene ring substituents is 1. The quantitative estimate of drug-likeness (QED) is 0.515. The van der Waals surface area contributed by atoms with Gasteiger partial charge in [0.15, 0.2) is 0 Å². The van der Waals surface area contributed by atoms with E-state index in [0.717, 1.165) is 6.54 Å². The standard InChI is InChI=1S/C14H19N3O4/c1-3-21-14(18)11-4-5-12(13(8-11)17(19)20)16-7-6-15-10(2)9-16/h4-5,8,10,15H,3,6-7,9H2,1-2H3/t10-/m0/s1. The molecular weight excluding hydrogens is 274 g/mol. The van der Waals surface area contributed by atoms with Crippen LogP contribution in [0.1, 0.15) is 24.2 Å². The van der Waals surface area contributed by atoms with E-state index in [1.165, 1.54) is 6.07 Å². The minimum absolute atomic E-state index is 0.0605. The van der Waals surface area contributed by atoms with Crippen LogP contribution >= 0.6 is 0 Å². The molecule has 0 radical (unpaired) electrons. The summed E-state index contributed by atoms with van der Waals surface area (Å²) in [5, 5.41) is 14.6. The monoisotopic (exact) mass is 293 g/mol. The summed E-state index contributed by atoms with van der Waals surface area (Å²) < 4.78 is 4.88. The van der Waals surface area contributed by atoms with Crippen molar-refractivity contribution in [3.8, 4) is 0 Å². The lowest BCUT2D eigenvalue weighted by molar-refractivity contribution is -0.384. The lowest BCUT2D eigenvalue weighted by atomic mass is 10.1. The Morgan fingerprint density at radius 1 is 1.57 bits per heavy atom. The number of carbonyl (C=O) groups excluding carboxylic acids is 1. The van der Waals surface area contributed by atoms with Gasteiger partial charge < -0.3 is 15.0 Å². The molecule has 1 aromatic carbocycles. The number of carbonyl (C=O) groups is 1. The predicted octanol–water partition coefficient (Wildman–Crippen LogP) is 1.57. The van der Waals surface area contributed by atoms with Gasteiger partial charge in [0.2, 0.25) is 0 Å². The van der Waals surface area contributed by atoms with Crippen LogP contribution < -0.4 is 10.2 Å². The first-order valence-electron chi connectivity index (χ1n) is 6.96. The molecule has 0 saturated carbocycles. The molecule has 7 nitrogen and oxygen atoms in total. The zero-order valence-corrected chi connectivity index (χ0v) is 12.2. The maximum atomic E-state index is 11.7. The van der Waals surface area contributed by atoms with Crippen molar-refractivity contribution in [3.63, 3.8) is 0 Å². The predicted molar refractivity (Wildman–Crippen MR) is 78.7 cm³/mol. The fourth-order valence-electron chi connectivity index (χ4n) is 2.43. The minimum Gasteiger partial charge on any atom is -0.462 e. The van der Waals surface area contributed by atoms with Crippen LogP contribution in [0.15, 0.2) is 18.2 Å². The summed E-state index contributed by atoms with van der Waals surface area (Å²) in [7, 11) is 0. The van der Waals surface area contributed by atoms with Crippen LogP contribution in [0.2, 0.25) is 0 Å². The third-order valence-electron chi connectivity index (χ3n) is 3.39. The summed E-state index contributed by atoms with van der Waals surface area (Å²) in [6.45, 7) is 6.14. The van der Waals surface area contributed by atoms with Crippen LogP contribution in [0.25, 0.3) is 0 Å². The lowest BCUT2D eigenvalue weighted by Gasteiger charge is -2.33. The molecule has 1 fully saturated rings. The third kappa shape index (κ3) is 3.49. The number of ether oxygens (including phenoxy) is 1. The van der Waals surface area contributed by atoms with Crippen molar-refractivity contribution in [1.29, 1.82) is 0 Å². The molecule has 0 amide bonds. The summed E-state index contributed by atoms with van der Waals surface area (Å²) in [6, 6.07) is 4.76. The Morgan fingerprint density at radius 2 is 2.33 bits per heavy atom. The Bertz CT molecular complexity index is 547. The number of nitrogens with one attached hydrogen (secondary N) is 1. The van der Waals surface area contributed by atoms with Gasteiger partial charge in [0.1, 0.15) is 5.69 Å². The van der Waals surface area contributed by atoms with Gasteiger partial charge in [-0.25, -0.2) is 4.79 Å². The van der Waals surface area contributed by atoms with Crippen LogP contribution in [0.5, 0.6) is 0 Å². The first kappa shape index (κ1) is 15.2. The Balaban J connectivity index is 2.33. The van der Waals surface area contributed by atoms with Gasteiger partial charge in [0.25, 0.3) is 5.69 Å². The van der Waals surface area contributed by atoms with Gasteiger partial charge in [0, 0.05) is 31.7 Å². The molecule has 1 aromatic rings. The molecule has 7 heteroatoms. The Hall–Kier alpha value is -2.15. The smallest absolute Gasteiger partial charge is 0.338 e.